The van der Waals surface area contributed by atoms with Crippen LogP contribution in [-0.4, -0.2) is 28.4 Å². The van der Waals surface area contributed by atoms with E-state index in [1.807, 2.05) is 32.0 Å². The average Bonchev–Trinajstić information content (AvgIpc) is 3.58. The SMILES string of the molecule is CCc1nn(-c2ccccc2)c([O-])c1C1=C([n+]2ccc(C)cc2)C(=O)N(c2ccc3c(c2)OCO3)C1=O. The van der Waals surface area contributed by atoms with E-state index in [1.54, 1.807) is 59.4 Å². The van der Waals surface area contributed by atoms with Crippen molar-refractivity contribution in [2.24, 2.45) is 0 Å². The molecule has 2 aromatic carbocycles. The Bertz CT molecular complexity index is 1590. The minimum Gasteiger partial charge on any atom is -0.858 e. The quantitative estimate of drug-likeness (QED) is 0.312. The van der Waals surface area contributed by atoms with Gasteiger partial charge in [-0.1, -0.05) is 25.1 Å². The highest BCUT2D eigenvalue weighted by Crippen LogP contribution is 2.41. The van der Waals surface area contributed by atoms with Gasteiger partial charge in [0.15, 0.2) is 23.9 Å². The van der Waals surface area contributed by atoms with Crippen molar-refractivity contribution in [2.45, 2.75) is 20.3 Å². The van der Waals surface area contributed by atoms with Gasteiger partial charge in [-0.05, 0) is 49.1 Å². The predicted molar refractivity (Wildman–Crippen MR) is 132 cm³/mol. The number of carbonyl (C=O) groups is 2. The van der Waals surface area contributed by atoms with Gasteiger partial charge in [-0.3, -0.25) is 9.59 Å². The van der Waals surface area contributed by atoms with Crippen LogP contribution in [-0.2, 0) is 16.0 Å². The van der Waals surface area contributed by atoms with Gasteiger partial charge < -0.3 is 14.6 Å². The third-order valence-corrected chi connectivity index (χ3v) is 6.43. The highest BCUT2D eigenvalue weighted by atomic mass is 16.7. The third kappa shape index (κ3) is 3.55. The Balaban J connectivity index is 1.57. The van der Waals surface area contributed by atoms with Gasteiger partial charge in [0.1, 0.15) is 5.57 Å². The van der Waals surface area contributed by atoms with Gasteiger partial charge in [0, 0.05) is 23.8 Å². The number of hydrogen-bond donors (Lipinski definition) is 0. The Kier molecular flexibility index (Phi) is 5.26. The molecule has 0 saturated carbocycles. The van der Waals surface area contributed by atoms with E-state index in [0.717, 1.165) is 10.5 Å². The highest BCUT2D eigenvalue weighted by molar-refractivity contribution is 6.53. The van der Waals surface area contributed by atoms with Crippen LogP contribution in [0.2, 0.25) is 0 Å². The summed E-state index contributed by atoms with van der Waals surface area (Å²) in [4.78, 5) is 29.0. The molecule has 2 aromatic heterocycles. The van der Waals surface area contributed by atoms with Gasteiger partial charge in [0.25, 0.3) is 11.6 Å². The number of pyridine rings is 1. The molecule has 0 bridgehead atoms. The van der Waals surface area contributed by atoms with Crippen LogP contribution in [0.15, 0.2) is 73.1 Å². The molecule has 9 heteroatoms. The number of hydrogen-bond acceptors (Lipinski definition) is 6. The monoisotopic (exact) mass is 494 g/mol. The number of amides is 2. The molecule has 0 atom stereocenters. The van der Waals surface area contributed by atoms with E-state index >= 15 is 0 Å². The zero-order valence-electron chi connectivity index (χ0n) is 20.2. The van der Waals surface area contributed by atoms with Crippen LogP contribution < -0.4 is 24.0 Å². The Morgan fingerprint density at radius 3 is 2.41 bits per heavy atom. The van der Waals surface area contributed by atoms with Crippen molar-refractivity contribution in [3.05, 3.63) is 89.9 Å². The zero-order valence-corrected chi connectivity index (χ0v) is 20.2. The van der Waals surface area contributed by atoms with Crippen molar-refractivity contribution in [1.29, 1.82) is 0 Å². The van der Waals surface area contributed by atoms with Crippen LogP contribution >= 0.6 is 0 Å². The first kappa shape index (κ1) is 22.5. The van der Waals surface area contributed by atoms with Gasteiger partial charge in [-0.25, -0.2) is 9.58 Å². The highest BCUT2D eigenvalue weighted by Gasteiger charge is 2.47. The molecule has 2 aliphatic rings. The summed E-state index contributed by atoms with van der Waals surface area (Å²) in [6, 6.07) is 17.5. The molecule has 0 fully saturated rings. The molecule has 2 amide bonds. The second kappa shape index (κ2) is 8.63. The summed E-state index contributed by atoms with van der Waals surface area (Å²) in [6.07, 6.45) is 3.80. The minimum atomic E-state index is -0.605. The number of aryl methyl sites for hydroxylation is 2. The number of benzene rings is 2. The molecule has 0 aliphatic carbocycles. The number of ether oxygens (including phenoxy) is 2. The predicted octanol–water partition coefficient (Wildman–Crippen LogP) is 2.77. The lowest BCUT2D eigenvalue weighted by Crippen LogP contribution is -2.39. The summed E-state index contributed by atoms with van der Waals surface area (Å²) in [7, 11) is 0. The van der Waals surface area contributed by atoms with Crippen molar-refractivity contribution in [3.8, 4) is 23.1 Å². The lowest BCUT2D eigenvalue weighted by Gasteiger charge is -2.16. The van der Waals surface area contributed by atoms with Crippen LogP contribution in [0.3, 0.4) is 0 Å². The smallest absolute Gasteiger partial charge is 0.331 e. The van der Waals surface area contributed by atoms with E-state index in [4.69, 9.17) is 9.47 Å². The number of imide groups is 1. The summed E-state index contributed by atoms with van der Waals surface area (Å²) < 4.78 is 13.7. The van der Waals surface area contributed by atoms with Gasteiger partial charge in [0.2, 0.25) is 6.79 Å². The van der Waals surface area contributed by atoms with E-state index in [2.05, 4.69) is 5.10 Å². The molecule has 37 heavy (non-hydrogen) atoms. The van der Waals surface area contributed by atoms with Crippen molar-refractivity contribution >= 4 is 28.8 Å². The van der Waals surface area contributed by atoms with Gasteiger partial charge in [-0.2, -0.15) is 9.67 Å². The van der Waals surface area contributed by atoms with E-state index < -0.39 is 17.7 Å². The first-order valence-electron chi connectivity index (χ1n) is 11.8. The van der Waals surface area contributed by atoms with Crippen LogP contribution in [0.4, 0.5) is 5.69 Å². The first-order valence-corrected chi connectivity index (χ1v) is 11.8. The third-order valence-electron chi connectivity index (χ3n) is 6.43. The summed E-state index contributed by atoms with van der Waals surface area (Å²) >= 11 is 0. The first-order chi connectivity index (χ1) is 18.0. The summed E-state index contributed by atoms with van der Waals surface area (Å²) in [5, 5.41) is 18.3. The molecule has 184 valence electrons. The van der Waals surface area contributed by atoms with E-state index in [-0.39, 0.29) is 23.6 Å². The fraction of sp³-hybridized carbons (Fsp3) is 0.143. The maximum Gasteiger partial charge on any atom is 0.331 e. The van der Waals surface area contributed by atoms with Crippen molar-refractivity contribution in [2.75, 3.05) is 11.7 Å². The molecular weight excluding hydrogens is 472 g/mol. The van der Waals surface area contributed by atoms with E-state index in [0.29, 0.717) is 35.0 Å². The minimum absolute atomic E-state index is 0.0144. The van der Waals surface area contributed by atoms with E-state index in [9.17, 15) is 14.7 Å². The normalized spacial score (nSPS) is 14.7. The Morgan fingerprint density at radius 2 is 1.68 bits per heavy atom. The van der Waals surface area contributed by atoms with Gasteiger partial charge >= 0.3 is 5.91 Å². The number of rotatable bonds is 5. The summed E-state index contributed by atoms with van der Waals surface area (Å²) in [5.41, 5.74) is 2.53. The Labute approximate surface area is 212 Å². The lowest BCUT2D eigenvalue weighted by atomic mass is 10.0. The largest absolute Gasteiger partial charge is 0.858 e. The second-order valence-corrected chi connectivity index (χ2v) is 8.72. The number of para-hydroxylation sites is 1. The maximum absolute atomic E-state index is 14.0. The Morgan fingerprint density at radius 1 is 0.946 bits per heavy atom. The van der Waals surface area contributed by atoms with Crippen LogP contribution in [0, 0.1) is 6.92 Å². The molecular formula is C28H22N4O5. The number of carbonyl (C=O) groups excluding carboxylic acids is 2. The molecule has 0 spiro atoms. The summed E-state index contributed by atoms with van der Waals surface area (Å²) in [5.74, 6) is -0.653. The standard InChI is InChI=1S/C28H22N4O5/c1-3-20-23(27(34)32(29-20)18-7-5-4-6-8-18)24-25(30-13-11-17(2)12-14-30)28(35)31(26(24)33)19-9-10-21-22(15-19)37-16-36-21/h4-15H,3,16H2,1-2H3. The van der Waals surface area contributed by atoms with Crippen molar-refractivity contribution in [3.63, 3.8) is 0 Å². The van der Waals surface area contributed by atoms with Crippen LogP contribution in [0.25, 0.3) is 17.0 Å². The molecule has 4 aromatic rings. The second-order valence-electron chi connectivity index (χ2n) is 8.72. The molecule has 2 aliphatic heterocycles. The average molecular weight is 495 g/mol. The van der Waals surface area contributed by atoms with Crippen LogP contribution in [0.1, 0.15) is 23.7 Å². The summed E-state index contributed by atoms with van der Waals surface area (Å²) in [6.45, 7) is 3.85. The zero-order chi connectivity index (χ0) is 25.7. The number of fused-ring (bicyclic) bond motifs is 1. The maximum atomic E-state index is 14.0. The molecule has 0 unspecified atom stereocenters. The number of nitrogens with zero attached hydrogens (tertiary/aromatic N) is 4. The molecule has 9 nitrogen and oxygen atoms in total. The van der Waals surface area contributed by atoms with Gasteiger partial charge in [-0.15, -0.1) is 0 Å². The van der Waals surface area contributed by atoms with Gasteiger partial charge in [0.05, 0.1) is 17.1 Å². The van der Waals surface area contributed by atoms with Crippen molar-refractivity contribution in [1.82, 2.24) is 9.78 Å². The molecule has 0 saturated heterocycles. The molecule has 4 heterocycles. The fourth-order valence-corrected chi connectivity index (χ4v) is 4.58. The van der Waals surface area contributed by atoms with Crippen molar-refractivity contribution < 1.29 is 28.7 Å². The number of aromatic nitrogens is 3. The molecule has 0 N–H and O–H groups in total. The van der Waals surface area contributed by atoms with E-state index in [1.165, 1.54) is 4.68 Å². The number of anilines is 1. The molecule has 0 radical (unpaired) electrons. The fourth-order valence-electron chi connectivity index (χ4n) is 4.58. The van der Waals surface area contributed by atoms with Crippen LogP contribution in [0.5, 0.6) is 17.4 Å². The lowest BCUT2D eigenvalue weighted by molar-refractivity contribution is -0.576. The Hall–Kier alpha value is -4.92. The molecule has 6 rings (SSSR count). The topological polar surface area (TPSA) is 101 Å².